The van der Waals surface area contributed by atoms with Crippen molar-refractivity contribution in [1.82, 2.24) is 9.29 Å². The first-order valence-electron chi connectivity index (χ1n) is 6.88. The maximum absolute atomic E-state index is 12.7. The molecule has 0 saturated carbocycles. The fraction of sp³-hybridized carbons (Fsp3) is 0.250. The number of rotatable bonds is 4. The molecule has 2 heterocycles. The summed E-state index contributed by atoms with van der Waals surface area (Å²) in [6, 6.07) is 10.3. The van der Waals surface area contributed by atoms with Gasteiger partial charge < -0.3 is 4.74 Å². The third-order valence-corrected chi connectivity index (χ3v) is 5.15. The molecular weight excluding hydrogens is 300 g/mol. The molecule has 1 aromatic carbocycles. The zero-order valence-electron chi connectivity index (χ0n) is 12.3. The molecule has 2 aromatic rings. The van der Waals surface area contributed by atoms with Crippen molar-refractivity contribution in [2.75, 3.05) is 7.11 Å². The van der Waals surface area contributed by atoms with E-state index >= 15 is 0 Å². The van der Waals surface area contributed by atoms with Crippen LogP contribution in [0.4, 0.5) is 0 Å². The summed E-state index contributed by atoms with van der Waals surface area (Å²) < 4.78 is 19.2. The van der Waals surface area contributed by atoms with Gasteiger partial charge in [-0.2, -0.15) is 4.31 Å². The Balaban J connectivity index is 1.89. The zero-order chi connectivity index (χ0) is 15.7. The van der Waals surface area contributed by atoms with Gasteiger partial charge in [-0.3, -0.25) is 9.78 Å². The Morgan fingerprint density at radius 2 is 2.00 bits per heavy atom. The molecule has 114 valence electrons. The van der Waals surface area contributed by atoms with Crippen molar-refractivity contribution in [3.63, 3.8) is 0 Å². The second-order valence-corrected chi connectivity index (χ2v) is 6.51. The largest absolute Gasteiger partial charge is 0.468 e. The van der Waals surface area contributed by atoms with Gasteiger partial charge in [-0.1, -0.05) is 23.8 Å². The lowest BCUT2D eigenvalue weighted by atomic mass is 10.1. The normalized spacial score (nSPS) is 24.5. The van der Waals surface area contributed by atoms with Gasteiger partial charge in [-0.25, -0.2) is 4.21 Å². The number of hydrogen-bond donors (Lipinski definition) is 0. The molecule has 6 heteroatoms. The van der Waals surface area contributed by atoms with Crippen LogP contribution in [-0.2, 0) is 20.5 Å². The molecule has 0 aliphatic carbocycles. The van der Waals surface area contributed by atoms with Crippen molar-refractivity contribution in [1.29, 1.82) is 0 Å². The fourth-order valence-electron chi connectivity index (χ4n) is 2.43. The number of aryl methyl sites for hydroxylation is 1. The Morgan fingerprint density at radius 3 is 2.59 bits per heavy atom. The number of hydrogen-bond acceptors (Lipinski definition) is 4. The van der Waals surface area contributed by atoms with Crippen molar-refractivity contribution in [3.8, 4) is 0 Å². The standard InChI is InChI=1S/C16H16N2O3S/c1-11-5-7-13(8-6-11)22(20)18-14(15(18)16(19)21-2)12-4-3-9-17-10-12/h3-10,14-15H,1-2H3/t14-,15-,18?,22?/m0/s1. The average molecular weight is 316 g/mol. The summed E-state index contributed by atoms with van der Waals surface area (Å²) in [5.41, 5.74) is 1.96. The molecule has 0 radical (unpaired) electrons. The van der Waals surface area contributed by atoms with Crippen LogP contribution in [0.25, 0.3) is 0 Å². The minimum atomic E-state index is -1.41. The number of methoxy groups -OCH3 is 1. The van der Waals surface area contributed by atoms with Gasteiger partial charge in [-0.05, 0) is 30.7 Å². The van der Waals surface area contributed by atoms with E-state index in [1.54, 1.807) is 22.8 Å². The molecular formula is C16H16N2O3S. The summed E-state index contributed by atoms with van der Waals surface area (Å²) in [4.78, 5) is 16.7. The lowest BCUT2D eigenvalue weighted by Gasteiger charge is -2.04. The number of ether oxygens (including phenoxy) is 1. The van der Waals surface area contributed by atoms with Crippen molar-refractivity contribution in [2.45, 2.75) is 23.9 Å². The number of esters is 1. The van der Waals surface area contributed by atoms with Gasteiger partial charge in [0.15, 0.2) is 0 Å². The Labute approximate surface area is 131 Å². The Hall–Kier alpha value is -2.05. The van der Waals surface area contributed by atoms with E-state index in [0.717, 1.165) is 11.1 Å². The minimum Gasteiger partial charge on any atom is -0.468 e. The molecule has 22 heavy (non-hydrogen) atoms. The van der Waals surface area contributed by atoms with E-state index < -0.39 is 17.0 Å². The lowest BCUT2D eigenvalue weighted by molar-refractivity contribution is -0.140. The molecule has 0 bridgehead atoms. The molecule has 1 aromatic heterocycles. The number of aromatic nitrogens is 1. The van der Waals surface area contributed by atoms with Crippen molar-refractivity contribution in [3.05, 3.63) is 59.9 Å². The average Bonchev–Trinajstić information content (AvgIpc) is 3.30. The minimum absolute atomic E-state index is 0.261. The van der Waals surface area contributed by atoms with Crippen LogP contribution in [0.2, 0.25) is 0 Å². The van der Waals surface area contributed by atoms with E-state index in [0.29, 0.717) is 4.90 Å². The van der Waals surface area contributed by atoms with Crippen LogP contribution in [0.5, 0.6) is 0 Å². The van der Waals surface area contributed by atoms with Gasteiger partial charge >= 0.3 is 5.97 Å². The monoisotopic (exact) mass is 316 g/mol. The van der Waals surface area contributed by atoms with Crippen molar-refractivity contribution >= 4 is 17.0 Å². The van der Waals surface area contributed by atoms with Gasteiger partial charge in [0, 0.05) is 12.4 Å². The number of carbonyl (C=O) groups excluding carboxylic acids is 1. The highest BCUT2D eigenvalue weighted by Gasteiger charge is 2.58. The Kier molecular flexibility index (Phi) is 4.04. The Bertz CT molecular complexity index is 703. The van der Waals surface area contributed by atoms with E-state index in [4.69, 9.17) is 4.74 Å². The summed E-state index contributed by atoms with van der Waals surface area (Å²) >= 11 is 0. The van der Waals surface area contributed by atoms with E-state index in [-0.39, 0.29) is 12.0 Å². The van der Waals surface area contributed by atoms with E-state index in [9.17, 15) is 9.00 Å². The first-order chi connectivity index (χ1) is 10.6. The second kappa shape index (κ2) is 5.98. The fourth-order valence-corrected chi connectivity index (χ4v) is 3.84. The molecule has 1 fully saturated rings. The molecule has 0 amide bonds. The molecule has 5 nitrogen and oxygen atoms in total. The van der Waals surface area contributed by atoms with E-state index in [2.05, 4.69) is 4.98 Å². The molecule has 0 N–H and O–H groups in total. The van der Waals surface area contributed by atoms with Gasteiger partial charge in [0.2, 0.25) is 0 Å². The third-order valence-electron chi connectivity index (χ3n) is 3.64. The highest BCUT2D eigenvalue weighted by Crippen LogP contribution is 2.46. The summed E-state index contributed by atoms with van der Waals surface area (Å²) in [7, 11) is -0.0692. The number of carbonyl (C=O) groups is 1. The highest BCUT2D eigenvalue weighted by atomic mass is 32.2. The molecule has 3 rings (SSSR count). The molecule has 4 atom stereocenters. The van der Waals surface area contributed by atoms with Gasteiger partial charge in [0.25, 0.3) is 0 Å². The first kappa shape index (κ1) is 14.9. The molecule has 1 aliphatic heterocycles. The van der Waals surface area contributed by atoms with Crippen LogP contribution in [-0.4, -0.2) is 32.6 Å². The maximum Gasteiger partial charge on any atom is 0.326 e. The summed E-state index contributed by atoms with van der Waals surface area (Å²) in [5.74, 6) is -0.380. The third kappa shape index (κ3) is 2.67. The van der Waals surface area contributed by atoms with Crippen molar-refractivity contribution < 1.29 is 13.7 Å². The lowest BCUT2D eigenvalue weighted by Crippen LogP contribution is -2.16. The number of pyridine rings is 1. The SMILES string of the molecule is COC(=O)[C@@H]1[C@H](c2cccnc2)N1S(=O)c1ccc(C)cc1. The smallest absolute Gasteiger partial charge is 0.326 e. The molecule has 2 unspecified atom stereocenters. The maximum atomic E-state index is 12.7. The quantitative estimate of drug-likeness (QED) is 0.639. The highest BCUT2D eigenvalue weighted by molar-refractivity contribution is 7.83. The van der Waals surface area contributed by atoms with Crippen LogP contribution < -0.4 is 0 Å². The summed E-state index contributed by atoms with van der Waals surface area (Å²) in [6.07, 6.45) is 3.35. The first-order valence-corrected chi connectivity index (χ1v) is 7.99. The van der Waals surface area contributed by atoms with Crippen LogP contribution >= 0.6 is 0 Å². The van der Waals surface area contributed by atoms with Gasteiger partial charge in [-0.15, -0.1) is 0 Å². The zero-order valence-corrected chi connectivity index (χ0v) is 13.1. The Morgan fingerprint density at radius 1 is 1.27 bits per heavy atom. The van der Waals surface area contributed by atoms with Crippen molar-refractivity contribution in [2.24, 2.45) is 0 Å². The number of nitrogens with zero attached hydrogens (tertiary/aromatic N) is 2. The predicted octanol–water partition coefficient (Wildman–Crippen LogP) is 2.01. The molecule has 1 saturated heterocycles. The number of benzene rings is 1. The molecule has 0 spiro atoms. The van der Waals surface area contributed by atoms with Crippen LogP contribution in [0.1, 0.15) is 17.2 Å². The molecule has 1 aliphatic rings. The van der Waals surface area contributed by atoms with Crippen LogP contribution in [0, 0.1) is 6.92 Å². The van der Waals surface area contributed by atoms with Gasteiger partial charge in [0.1, 0.15) is 17.0 Å². The summed E-state index contributed by atoms with van der Waals surface area (Å²) in [5, 5.41) is 0. The van der Waals surface area contributed by atoms with E-state index in [1.165, 1.54) is 7.11 Å². The second-order valence-electron chi connectivity index (χ2n) is 5.12. The van der Waals surface area contributed by atoms with Crippen LogP contribution in [0.15, 0.2) is 53.7 Å². The topological polar surface area (TPSA) is 59.3 Å². The van der Waals surface area contributed by atoms with Crippen LogP contribution in [0.3, 0.4) is 0 Å². The predicted molar refractivity (Wildman–Crippen MR) is 82.2 cm³/mol. The van der Waals surface area contributed by atoms with Gasteiger partial charge in [0.05, 0.1) is 18.0 Å². The summed E-state index contributed by atoms with van der Waals surface area (Å²) in [6.45, 7) is 1.97. The van der Waals surface area contributed by atoms with E-state index in [1.807, 2.05) is 37.3 Å².